The molecule has 116 valence electrons. The third-order valence-electron chi connectivity index (χ3n) is 3.34. The summed E-state index contributed by atoms with van der Waals surface area (Å²) in [4.78, 5) is 20.6. The van der Waals surface area contributed by atoms with Gasteiger partial charge in [0.05, 0.1) is 0 Å². The van der Waals surface area contributed by atoms with Gasteiger partial charge in [0.2, 0.25) is 5.91 Å². The van der Waals surface area contributed by atoms with Crippen LogP contribution < -0.4 is 21.9 Å². The summed E-state index contributed by atoms with van der Waals surface area (Å²) in [6, 6.07) is 0.160. The fraction of sp³-hybridized carbons (Fsp3) is 0.643. The van der Waals surface area contributed by atoms with Gasteiger partial charge in [-0.1, -0.05) is 0 Å². The number of nitrogens with one attached hydrogen (secondary N) is 3. The minimum Gasteiger partial charge on any atom is -0.369 e. The van der Waals surface area contributed by atoms with E-state index in [4.69, 9.17) is 5.84 Å². The smallest absolute Gasteiger partial charge is 0.221 e. The molecule has 1 amide bonds. The molecule has 0 unspecified atom stereocenters. The van der Waals surface area contributed by atoms with Crippen LogP contribution in [0.5, 0.6) is 0 Å². The molecule has 0 bridgehead atoms. The van der Waals surface area contributed by atoms with E-state index in [0.717, 1.165) is 30.0 Å². The molecule has 1 aromatic rings. The molecule has 0 saturated heterocycles. The molecule has 0 spiro atoms. The first-order valence-corrected chi connectivity index (χ1v) is 7.39. The Balaban J connectivity index is 1.98. The maximum atomic E-state index is 11.6. The Hall–Kier alpha value is -1.89. The van der Waals surface area contributed by atoms with Crippen molar-refractivity contribution in [3.05, 3.63) is 11.4 Å². The highest BCUT2D eigenvalue weighted by Gasteiger charge is 2.28. The van der Waals surface area contributed by atoms with Crippen LogP contribution in [0.15, 0.2) is 0 Å². The highest BCUT2D eigenvalue weighted by Crippen LogP contribution is 2.39. The van der Waals surface area contributed by atoms with E-state index in [1.807, 2.05) is 20.8 Å². The highest BCUT2D eigenvalue weighted by molar-refractivity contribution is 5.76. The molecule has 21 heavy (non-hydrogen) atoms. The normalized spacial score (nSPS) is 14.1. The standard InChI is InChI=1S/C14H24N6O/c1-8(2)17-11(21)6-7-16-12-9(3)13(20-15)19-14(18-12)10-4-5-10/h8,10H,4-7,15H2,1-3H3,(H,17,21)(H2,16,18,19,20). The fourth-order valence-corrected chi connectivity index (χ4v) is 2.06. The molecule has 2 rings (SSSR count). The number of carbonyl (C=O) groups is 1. The lowest BCUT2D eigenvalue weighted by Gasteiger charge is -2.14. The lowest BCUT2D eigenvalue weighted by atomic mass is 10.2. The van der Waals surface area contributed by atoms with Gasteiger partial charge in [-0.2, -0.15) is 0 Å². The fourth-order valence-electron chi connectivity index (χ4n) is 2.06. The summed E-state index contributed by atoms with van der Waals surface area (Å²) in [5.41, 5.74) is 3.48. The molecule has 0 atom stereocenters. The second kappa shape index (κ2) is 6.71. The maximum absolute atomic E-state index is 11.6. The Kier molecular flexibility index (Phi) is 4.95. The molecule has 5 N–H and O–H groups in total. The monoisotopic (exact) mass is 292 g/mol. The van der Waals surface area contributed by atoms with E-state index in [9.17, 15) is 4.79 Å². The number of amides is 1. The summed E-state index contributed by atoms with van der Waals surface area (Å²) in [5.74, 6) is 8.20. The van der Waals surface area contributed by atoms with E-state index in [1.54, 1.807) is 0 Å². The highest BCUT2D eigenvalue weighted by atomic mass is 16.1. The SMILES string of the molecule is Cc1c(NN)nc(C2CC2)nc1NCCC(=O)NC(C)C. The number of hydrazine groups is 1. The Morgan fingerprint density at radius 1 is 1.33 bits per heavy atom. The van der Waals surface area contributed by atoms with Crippen LogP contribution in [0.1, 0.15) is 50.4 Å². The zero-order valence-electron chi connectivity index (χ0n) is 12.9. The third kappa shape index (κ3) is 4.29. The molecule has 1 fully saturated rings. The van der Waals surface area contributed by atoms with Crippen molar-refractivity contribution in [1.82, 2.24) is 15.3 Å². The van der Waals surface area contributed by atoms with Crippen molar-refractivity contribution in [2.75, 3.05) is 17.3 Å². The lowest BCUT2D eigenvalue weighted by molar-refractivity contribution is -0.121. The third-order valence-corrected chi connectivity index (χ3v) is 3.34. The maximum Gasteiger partial charge on any atom is 0.221 e. The van der Waals surface area contributed by atoms with Gasteiger partial charge in [0.15, 0.2) is 0 Å². The van der Waals surface area contributed by atoms with Crippen molar-refractivity contribution in [1.29, 1.82) is 0 Å². The molecule has 1 aliphatic carbocycles. The Labute approximate surface area is 125 Å². The Bertz CT molecular complexity index is 512. The number of nitrogens with two attached hydrogens (primary N) is 1. The van der Waals surface area contributed by atoms with Crippen LogP contribution in [0.4, 0.5) is 11.6 Å². The van der Waals surface area contributed by atoms with Gasteiger partial charge in [-0.15, -0.1) is 0 Å². The number of aromatic nitrogens is 2. The van der Waals surface area contributed by atoms with Crippen LogP contribution in [0.25, 0.3) is 0 Å². The molecular formula is C14H24N6O. The summed E-state index contributed by atoms with van der Waals surface area (Å²) in [6.45, 7) is 6.33. The zero-order valence-corrected chi connectivity index (χ0v) is 12.9. The lowest BCUT2D eigenvalue weighted by Crippen LogP contribution is -2.31. The molecule has 0 aromatic carbocycles. The van der Waals surface area contributed by atoms with Crippen LogP contribution in [0, 0.1) is 6.92 Å². The first-order valence-electron chi connectivity index (χ1n) is 7.39. The van der Waals surface area contributed by atoms with Crippen LogP contribution >= 0.6 is 0 Å². The molecule has 1 aliphatic rings. The second-order valence-corrected chi connectivity index (χ2v) is 5.72. The molecule has 1 aromatic heterocycles. The number of nitrogen functional groups attached to an aromatic ring is 1. The van der Waals surface area contributed by atoms with Gasteiger partial charge in [0.25, 0.3) is 0 Å². The molecule has 0 radical (unpaired) electrons. The second-order valence-electron chi connectivity index (χ2n) is 5.72. The predicted octanol–water partition coefficient (Wildman–Crippen LogP) is 1.27. The predicted molar refractivity (Wildman–Crippen MR) is 82.9 cm³/mol. The van der Waals surface area contributed by atoms with Crippen LogP contribution in [0.2, 0.25) is 0 Å². The number of anilines is 2. The number of nitrogens with zero attached hydrogens (tertiary/aromatic N) is 2. The first-order chi connectivity index (χ1) is 10.0. The number of hydrogen-bond acceptors (Lipinski definition) is 6. The van der Waals surface area contributed by atoms with Gasteiger partial charge >= 0.3 is 0 Å². The minimum absolute atomic E-state index is 0.0313. The molecule has 0 aliphatic heterocycles. The Morgan fingerprint density at radius 2 is 2.00 bits per heavy atom. The van der Waals surface area contributed by atoms with Gasteiger partial charge < -0.3 is 16.1 Å². The van der Waals surface area contributed by atoms with E-state index in [2.05, 4.69) is 26.0 Å². The summed E-state index contributed by atoms with van der Waals surface area (Å²) in [6.07, 6.45) is 2.67. The largest absolute Gasteiger partial charge is 0.369 e. The van der Waals surface area contributed by atoms with Crippen LogP contribution in [-0.2, 0) is 4.79 Å². The van der Waals surface area contributed by atoms with Crippen molar-refractivity contribution < 1.29 is 4.79 Å². The number of hydrogen-bond donors (Lipinski definition) is 4. The van der Waals surface area contributed by atoms with E-state index < -0.39 is 0 Å². The van der Waals surface area contributed by atoms with Crippen molar-refractivity contribution in [2.24, 2.45) is 5.84 Å². The van der Waals surface area contributed by atoms with Gasteiger partial charge in [-0.3, -0.25) is 4.79 Å². The molecule has 1 heterocycles. The summed E-state index contributed by atoms with van der Waals surface area (Å²) in [5, 5.41) is 6.07. The van der Waals surface area contributed by atoms with E-state index in [0.29, 0.717) is 24.7 Å². The molecule has 7 heteroatoms. The van der Waals surface area contributed by atoms with Crippen molar-refractivity contribution in [2.45, 2.75) is 52.0 Å². The quantitative estimate of drug-likeness (QED) is 0.445. The summed E-state index contributed by atoms with van der Waals surface area (Å²) < 4.78 is 0. The van der Waals surface area contributed by atoms with Gasteiger partial charge in [-0.05, 0) is 33.6 Å². The van der Waals surface area contributed by atoms with Gasteiger partial charge in [0.1, 0.15) is 17.5 Å². The first kappa shape index (κ1) is 15.5. The average Bonchev–Trinajstić information content (AvgIpc) is 3.24. The summed E-state index contributed by atoms with van der Waals surface area (Å²) >= 11 is 0. The molecule has 7 nitrogen and oxygen atoms in total. The van der Waals surface area contributed by atoms with Crippen molar-refractivity contribution >= 4 is 17.5 Å². The topological polar surface area (TPSA) is 105 Å². The summed E-state index contributed by atoms with van der Waals surface area (Å²) in [7, 11) is 0. The zero-order chi connectivity index (χ0) is 15.4. The Morgan fingerprint density at radius 3 is 2.57 bits per heavy atom. The van der Waals surface area contributed by atoms with Gasteiger partial charge in [0, 0.05) is 30.5 Å². The van der Waals surface area contributed by atoms with Crippen LogP contribution in [-0.4, -0.2) is 28.5 Å². The van der Waals surface area contributed by atoms with Gasteiger partial charge in [-0.25, -0.2) is 15.8 Å². The van der Waals surface area contributed by atoms with E-state index in [1.165, 1.54) is 0 Å². The average molecular weight is 292 g/mol. The minimum atomic E-state index is 0.0313. The van der Waals surface area contributed by atoms with Crippen molar-refractivity contribution in [3.63, 3.8) is 0 Å². The number of rotatable bonds is 7. The molecular weight excluding hydrogens is 268 g/mol. The molecule has 1 saturated carbocycles. The van der Waals surface area contributed by atoms with E-state index >= 15 is 0 Å². The number of carbonyl (C=O) groups excluding carboxylic acids is 1. The van der Waals surface area contributed by atoms with E-state index in [-0.39, 0.29) is 11.9 Å². The van der Waals surface area contributed by atoms with Crippen LogP contribution in [0.3, 0.4) is 0 Å². The van der Waals surface area contributed by atoms with Crippen molar-refractivity contribution in [3.8, 4) is 0 Å².